The van der Waals surface area contributed by atoms with Crippen LogP contribution in [0.15, 0.2) is 140 Å². The summed E-state index contributed by atoms with van der Waals surface area (Å²) in [5, 5.41) is 21.9. The number of thiophene rings is 1. The lowest BCUT2D eigenvalue weighted by Crippen LogP contribution is -2.29. The Morgan fingerprint density at radius 1 is 0.425 bits per heavy atom. The molecule has 4 heteroatoms. The van der Waals surface area contributed by atoms with E-state index in [9.17, 15) is 10.0 Å². The highest BCUT2D eigenvalue weighted by molar-refractivity contribution is 7.26. The molecule has 190 valence electrons. The van der Waals surface area contributed by atoms with Crippen molar-refractivity contribution in [3.63, 3.8) is 0 Å². The second kappa shape index (κ2) is 10.3. The van der Waals surface area contributed by atoms with Crippen molar-refractivity contribution < 1.29 is 10.0 Å². The van der Waals surface area contributed by atoms with Gasteiger partial charge in [-0.25, -0.2) is 0 Å². The summed E-state index contributed by atoms with van der Waals surface area (Å²) < 4.78 is 2.53. The maximum absolute atomic E-state index is 9.70. The van der Waals surface area contributed by atoms with Gasteiger partial charge in [-0.15, -0.1) is 11.3 Å². The molecule has 0 saturated heterocycles. The highest BCUT2D eigenvalue weighted by Crippen LogP contribution is 2.44. The van der Waals surface area contributed by atoms with Gasteiger partial charge in [0.25, 0.3) is 0 Å². The molecule has 0 unspecified atom stereocenters. The minimum atomic E-state index is -1.50. The number of fused-ring (bicyclic) bond motifs is 3. The van der Waals surface area contributed by atoms with Crippen LogP contribution in [0.5, 0.6) is 0 Å². The van der Waals surface area contributed by atoms with Crippen molar-refractivity contribution in [3.8, 4) is 44.5 Å². The number of hydrogen-bond donors (Lipinski definition) is 2. The van der Waals surface area contributed by atoms with Crippen molar-refractivity contribution >= 4 is 44.1 Å². The lowest BCUT2D eigenvalue weighted by molar-refractivity contribution is 0.426. The average molecular weight is 532 g/mol. The quantitative estimate of drug-likeness (QED) is 0.219. The Morgan fingerprint density at radius 2 is 1.00 bits per heavy atom. The van der Waals surface area contributed by atoms with Crippen LogP contribution >= 0.6 is 11.3 Å². The first-order valence-corrected chi connectivity index (χ1v) is 14.1. The van der Waals surface area contributed by atoms with E-state index in [1.54, 1.807) is 6.07 Å². The van der Waals surface area contributed by atoms with Crippen molar-refractivity contribution in [3.05, 3.63) is 140 Å². The molecule has 0 bridgehead atoms. The van der Waals surface area contributed by atoms with Crippen LogP contribution < -0.4 is 5.46 Å². The molecular weight excluding hydrogens is 507 g/mol. The van der Waals surface area contributed by atoms with Gasteiger partial charge in [-0.1, -0.05) is 109 Å². The summed E-state index contributed by atoms with van der Waals surface area (Å²) in [4.78, 5) is 0. The molecule has 0 spiro atoms. The Bertz CT molecular complexity index is 1980. The molecule has 0 aliphatic carbocycles. The molecular formula is C36H25BO2S. The van der Waals surface area contributed by atoms with Crippen molar-refractivity contribution in [1.29, 1.82) is 0 Å². The Labute approximate surface area is 237 Å². The zero-order valence-electron chi connectivity index (χ0n) is 21.7. The van der Waals surface area contributed by atoms with Gasteiger partial charge in [0.2, 0.25) is 0 Å². The Kier molecular flexibility index (Phi) is 6.29. The third-order valence-corrected chi connectivity index (χ3v) is 8.70. The number of rotatable bonds is 5. The first-order chi connectivity index (χ1) is 19.6. The monoisotopic (exact) mass is 532 g/mol. The van der Waals surface area contributed by atoms with Crippen molar-refractivity contribution in [2.45, 2.75) is 0 Å². The van der Waals surface area contributed by atoms with Gasteiger partial charge in [-0.3, -0.25) is 0 Å². The highest BCUT2D eigenvalue weighted by atomic mass is 32.1. The van der Waals surface area contributed by atoms with E-state index in [0.717, 1.165) is 16.7 Å². The van der Waals surface area contributed by atoms with Gasteiger partial charge in [-0.2, -0.15) is 0 Å². The summed E-state index contributed by atoms with van der Waals surface area (Å²) in [6.45, 7) is 0. The maximum Gasteiger partial charge on any atom is 0.488 e. The van der Waals surface area contributed by atoms with E-state index < -0.39 is 7.12 Å². The molecule has 2 nitrogen and oxygen atoms in total. The van der Waals surface area contributed by atoms with Crippen LogP contribution in [0.25, 0.3) is 64.7 Å². The predicted molar refractivity (Wildman–Crippen MR) is 171 cm³/mol. The third kappa shape index (κ3) is 4.53. The first-order valence-electron chi connectivity index (χ1n) is 13.3. The molecule has 1 heterocycles. The van der Waals surface area contributed by atoms with E-state index in [1.807, 2.05) is 29.5 Å². The highest BCUT2D eigenvalue weighted by Gasteiger charge is 2.16. The minimum Gasteiger partial charge on any atom is -0.423 e. The first kappa shape index (κ1) is 24.6. The topological polar surface area (TPSA) is 40.5 Å². The normalized spacial score (nSPS) is 11.2. The van der Waals surface area contributed by atoms with Crippen molar-refractivity contribution in [2.75, 3.05) is 0 Å². The van der Waals surface area contributed by atoms with Gasteiger partial charge in [-0.05, 0) is 74.7 Å². The smallest absolute Gasteiger partial charge is 0.423 e. The van der Waals surface area contributed by atoms with Crippen LogP contribution in [0.1, 0.15) is 0 Å². The fraction of sp³-hybridized carbons (Fsp3) is 0. The Hall–Kier alpha value is -4.48. The molecule has 7 aromatic rings. The molecule has 0 radical (unpaired) electrons. The van der Waals surface area contributed by atoms with Crippen LogP contribution in [-0.2, 0) is 0 Å². The summed E-state index contributed by atoms with van der Waals surface area (Å²) in [5.74, 6) is 0. The lowest BCUT2D eigenvalue weighted by atomic mass is 9.79. The van der Waals surface area contributed by atoms with Crippen molar-refractivity contribution in [2.24, 2.45) is 0 Å². The van der Waals surface area contributed by atoms with Gasteiger partial charge in [0.05, 0.1) is 0 Å². The second-order valence-corrected chi connectivity index (χ2v) is 11.1. The van der Waals surface area contributed by atoms with E-state index in [0.29, 0.717) is 5.46 Å². The fourth-order valence-corrected chi connectivity index (χ4v) is 6.65. The summed E-state index contributed by atoms with van der Waals surface area (Å²) in [6, 6.07) is 48.5. The number of hydrogen-bond acceptors (Lipinski definition) is 3. The largest absolute Gasteiger partial charge is 0.488 e. The summed E-state index contributed by atoms with van der Waals surface area (Å²) >= 11 is 1.83. The Morgan fingerprint density at radius 3 is 1.73 bits per heavy atom. The van der Waals surface area contributed by atoms with Gasteiger partial charge < -0.3 is 10.0 Å². The third-order valence-electron chi connectivity index (χ3n) is 7.48. The summed E-state index contributed by atoms with van der Waals surface area (Å²) in [7, 11) is -1.50. The predicted octanol–water partition coefficient (Wildman–Crippen LogP) is 8.40. The zero-order valence-corrected chi connectivity index (χ0v) is 22.5. The molecule has 0 aliphatic rings. The molecule has 6 aromatic carbocycles. The van der Waals surface area contributed by atoms with Crippen LogP contribution in [0.2, 0.25) is 0 Å². The van der Waals surface area contributed by atoms with Gasteiger partial charge in [0.1, 0.15) is 0 Å². The summed E-state index contributed by atoms with van der Waals surface area (Å²) in [6.07, 6.45) is 0. The molecule has 0 fully saturated rings. The van der Waals surface area contributed by atoms with E-state index in [-0.39, 0.29) is 0 Å². The van der Waals surface area contributed by atoms with E-state index in [1.165, 1.54) is 48.0 Å². The molecule has 0 aliphatic heterocycles. The molecule has 0 atom stereocenters. The molecule has 0 saturated carbocycles. The second-order valence-electron chi connectivity index (χ2n) is 10.0. The molecule has 40 heavy (non-hydrogen) atoms. The van der Waals surface area contributed by atoms with Crippen LogP contribution in [0.3, 0.4) is 0 Å². The maximum atomic E-state index is 9.70. The van der Waals surface area contributed by atoms with E-state index in [4.69, 9.17) is 0 Å². The molecule has 7 rings (SSSR count). The SMILES string of the molecule is OB(O)c1cccc(-c2cccc(-c3cc(-c4ccccc4)cc4c3sc3ccc(-c5ccccc5)cc34)c2)c1. The van der Waals surface area contributed by atoms with E-state index in [2.05, 4.69) is 115 Å². The lowest BCUT2D eigenvalue weighted by Gasteiger charge is -2.11. The molecule has 0 amide bonds. The van der Waals surface area contributed by atoms with Crippen LogP contribution in [0, 0.1) is 0 Å². The van der Waals surface area contributed by atoms with Gasteiger partial charge in [0.15, 0.2) is 0 Å². The van der Waals surface area contributed by atoms with Crippen LogP contribution in [0.4, 0.5) is 0 Å². The standard InChI is InChI=1S/C36H25BO2S/c38-37(39)31-16-8-14-27(20-31)26-13-7-15-29(19-26)32-22-30(25-11-5-2-6-12-25)23-34-33-21-28(24-9-3-1-4-10-24)17-18-35(33)40-36(32)34/h1-23,38-39H. The Balaban J connectivity index is 1.46. The fourth-order valence-electron chi connectivity index (χ4n) is 5.45. The minimum absolute atomic E-state index is 0.482. The molecule has 2 N–H and O–H groups in total. The van der Waals surface area contributed by atoms with Crippen LogP contribution in [-0.4, -0.2) is 17.2 Å². The number of benzene rings is 6. The van der Waals surface area contributed by atoms with E-state index >= 15 is 0 Å². The molecule has 1 aromatic heterocycles. The van der Waals surface area contributed by atoms with Crippen molar-refractivity contribution in [1.82, 2.24) is 0 Å². The van der Waals surface area contributed by atoms with Gasteiger partial charge >= 0.3 is 7.12 Å². The zero-order chi connectivity index (χ0) is 27.1. The summed E-state index contributed by atoms with van der Waals surface area (Å²) in [5.41, 5.74) is 9.59. The van der Waals surface area contributed by atoms with Gasteiger partial charge in [0, 0.05) is 25.7 Å². The average Bonchev–Trinajstić information content (AvgIpc) is 3.39.